The van der Waals surface area contributed by atoms with Gasteiger partial charge in [0.2, 0.25) is 0 Å². The molecule has 148 valence electrons. The number of halogens is 1. The molecule has 2 aromatic carbocycles. The average molecular weight is 395 g/mol. The second-order valence-corrected chi connectivity index (χ2v) is 6.06. The van der Waals surface area contributed by atoms with Crippen molar-refractivity contribution in [2.24, 2.45) is 0 Å². The fourth-order valence-corrected chi connectivity index (χ4v) is 2.80. The highest BCUT2D eigenvalue weighted by Crippen LogP contribution is 2.33. The maximum atomic E-state index is 14.7. The lowest BCUT2D eigenvalue weighted by molar-refractivity contribution is 0.181. The fourth-order valence-electron chi connectivity index (χ4n) is 2.80. The Hall–Kier alpha value is -3.72. The SMILES string of the molecule is COCc1cc(Nc2ccc(Oc3ccccc3OC)c(F)c2)n2ncnc2n1. The standard InChI is InChI=1S/C20H18FN5O3/c1-27-11-14-10-19(26-20(25-14)22-12-23-26)24-13-7-8-16(15(21)9-13)29-18-6-4-3-5-17(18)28-2/h3-10,12,24H,11H2,1-2H3. The zero-order valence-electron chi connectivity index (χ0n) is 15.8. The number of nitrogens with one attached hydrogen (secondary N) is 1. The van der Waals surface area contributed by atoms with Crippen molar-refractivity contribution in [3.8, 4) is 17.2 Å². The van der Waals surface area contributed by atoms with Crippen molar-refractivity contribution in [3.63, 3.8) is 0 Å². The number of para-hydroxylation sites is 2. The second-order valence-electron chi connectivity index (χ2n) is 6.06. The van der Waals surface area contributed by atoms with Crippen LogP contribution in [0.15, 0.2) is 54.9 Å². The summed E-state index contributed by atoms with van der Waals surface area (Å²) in [7, 11) is 3.11. The van der Waals surface area contributed by atoms with Crippen molar-refractivity contribution < 1.29 is 18.6 Å². The first-order chi connectivity index (χ1) is 14.2. The molecule has 9 heteroatoms. The van der Waals surface area contributed by atoms with Gasteiger partial charge in [-0.1, -0.05) is 12.1 Å². The Morgan fingerprint density at radius 3 is 2.62 bits per heavy atom. The molecule has 0 atom stereocenters. The zero-order valence-corrected chi connectivity index (χ0v) is 15.8. The lowest BCUT2D eigenvalue weighted by Gasteiger charge is -2.13. The molecule has 0 bridgehead atoms. The highest BCUT2D eigenvalue weighted by Gasteiger charge is 2.12. The summed E-state index contributed by atoms with van der Waals surface area (Å²) >= 11 is 0. The third-order valence-corrected chi connectivity index (χ3v) is 4.09. The highest BCUT2D eigenvalue weighted by molar-refractivity contribution is 5.60. The molecular weight excluding hydrogens is 377 g/mol. The van der Waals surface area contributed by atoms with Gasteiger partial charge in [-0.25, -0.2) is 9.37 Å². The minimum Gasteiger partial charge on any atom is -0.493 e. The second kappa shape index (κ2) is 8.11. The molecule has 4 aromatic rings. The molecule has 0 saturated carbocycles. The molecule has 2 heterocycles. The number of rotatable bonds is 7. The Balaban J connectivity index is 1.60. The number of methoxy groups -OCH3 is 2. The minimum atomic E-state index is -0.526. The molecule has 0 aliphatic heterocycles. The van der Waals surface area contributed by atoms with Crippen LogP contribution in [-0.2, 0) is 11.3 Å². The van der Waals surface area contributed by atoms with E-state index in [2.05, 4.69) is 20.4 Å². The molecule has 0 unspecified atom stereocenters. The lowest BCUT2D eigenvalue weighted by atomic mass is 10.2. The molecule has 0 radical (unpaired) electrons. The lowest BCUT2D eigenvalue weighted by Crippen LogP contribution is -2.05. The van der Waals surface area contributed by atoms with Gasteiger partial charge in [-0.2, -0.15) is 14.6 Å². The van der Waals surface area contributed by atoms with E-state index in [1.807, 2.05) is 6.07 Å². The molecule has 0 saturated heterocycles. The van der Waals surface area contributed by atoms with Gasteiger partial charge in [-0.15, -0.1) is 0 Å². The maximum Gasteiger partial charge on any atom is 0.254 e. The van der Waals surface area contributed by atoms with Crippen LogP contribution in [0.4, 0.5) is 15.9 Å². The first kappa shape index (κ1) is 18.6. The summed E-state index contributed by atoms with van der Waals surface area (Å²) in [6, 6.07) is 13.4. The van der Waals surface area contributed by atoms with Gasteiger partial charge >= 0.3 is 0 Å². The van der Waals surface area contributed by atoms with Crippen LogP contribution >= 0.6 is 0 Å². The smallest absolute Gasteiger partial charge is 0.254 e. The molecular formula is C20H18FN5O3. The normalized spacial score (nSPS) is 10.9. The van der Waals surface area contributed by atoms with Gasteiger partial charge in [0.1, 0.15) is 12.1 Å². The molecule has 0 spiro atoms. The average Bonchev–Trinajstić information content (AvgIpc) is 3.20. The number of nitrogens with zero attached hydrogens (tertiary/aromatic N) is 4. The Morgan fingerprint density at radius 1 is 1.03 bits per heavy atom. The number of hydrogen-bond acceptors (Lipinski definition) is 7. The molecule has 2 aromatic heterocycles. The van der Waals surface area contributed by atoms with Gasteiger partial charge < -0.3 is 19.5 Å². The highest BCUT2D eigenvalue weighted by atomic mass is 19.1. The van der Waals surface area contributed by atoms with Gasteiger partial charge in [0, 0.05) is 24.9 Å². The van der Waals surface area contributed by atoms with Crippen LogP contribution in [0.25, 0.3) is 5.78 Å². The monoisotopic (exact) mass is 395 g/mol. The molecule has 0 fully saturated rings. The van der Waals surface area contributed by atoms with Crippen molar-refractivity contribution in [1.82, 2.24) is 19.6 Å². The van der Waals surface area contributed by atoms with E-state index in [-0.39, 0.29) is 5.75 Å². The number of hydrogen-bond donors (Lipinski definition) is 1. The van der Waals surface area contributed by atoms with Crippen molar-refractivity contribution >= 4 is 17.3 Å². The van der Waals surface area contributed by atoms with E-state index in [4.69, 9.17) is 14.2 Å². The van der Waals surface area contributed by atoms with Crippen molar-refractivity contribution in [2.45, 2.75) is 6.61 Å². The van der Waals surface area contributed by atoms with Crippen LogP contribution in [0, 0.1) is 5.82 Å². The van der Waals surface area contributed by atoms with Crippen LogP contribution in [0.3, 0.4) is 0 Å². The van der Waals surface area contributed by atoms with Gasteiger partial charge in [0.25, 0.3) is 5.78 Å². The van der Waals surface area contributed by atoms with Gasteiger partial charge in [0.15, 0.2) is 23.1 Å². The van der Waals surface area contributed by atoms with Crippen LogP contribution in [-0.4, -0.2) is 33.8 Å². The summed E-state index contributed by atoms with van der Waals surface area (Å²) in [5, 5.41) is 7.27. The maximum absolute atomic E-state index is 14.7. The summed E-state index contributed by atoms with van der Waals surface area (Å²) in [5.41, 5.74) is 1.19. The van der Waals surface area contributed by atoms with Crippen molar-refractivity contribution in [1.29, 1.82) is 0 Å². The first-order valence-corrected chi connectivity index (χ1v) is 8.74. The number of fused-ring (bicyclic) bond motifs is 1. The topological polar surface area (TPSA) is 82.8 Å². The van der Waals surface area contributed by atoms with Gasteiger partial charge in [-0.3, -0.25) is 0 Å². The molecule has 0 amide bonds. The Kier molecular flexibility index (Phi) is 5.21. The van der Waals surface area contributed by atoms with E-state index in [1.165, 1.54) is 24.0 Å². The summed E-state index contributed by atoms with van der Waals surface area (Å²) in [4.78, 5) is 8.44. The third kappa shape index (κ3) is 3.94. The number of benzene rings is 2. The van der Waals surface area contributed by atoms with Gasteiger partial charge in [-0.05, 0) is 24.3 Å². The summed E-state index contributed by atoms with van der Waals surface area (Å²) in [6.45, 7) is 0.318. The molecule has 8 nitrogen and oxygen atoms in total. The molecule has 1 N–H and O–H groups in total. The van der Waals surface area contributed by atoms with Crippen LogP contribution < -0.4 is 14.8 Å². The largest absolute Gasteiger partial charge is 0.493 e. The molecule has 0 aliphatic carbocycles. The van der Waals surface area contributed by atoms with Crippen molar-refractivity contribution in [3.05, 3.63) is 66.4 Å². The molecule has 4 rings (SSSR count). The van der Waals surface area contributed by atoms with Crippen LogP contribution in [0.2, 0.25) is 0 Å². The summed E-state index contributed by atoms with van der Waals surface area (Å²) < 4.78 is 32.2. The molecule has 0 aliphatic rings. The predicted molar refractivity (Wildman–Crippen MR) is 104 cm³/mol. The van der Waals surface area contributed by atoms with Gasteiger partial charge in [0.05, 0.1) is 19.4 Å². The molecule has 29 heavy (non-hydrogen) atoms. The van der Waals surface area contributed by atoms with Crippen LogP contribution in [0.1, 0.15) is 5.69 Å². The van der Waals surface area contributed by atoms with E-state index in [9.17, 15) is 4.39 Å². The first-order valence-electron chi connectivity index (χ1n) is 8.74. The zero-order chi connectivity index (χ0) is 20.2. The minimum absolute atomic E-state index is 0.0840. The van der Waals surface area contributed by atoms with E-state index in [0.29, 0.717) is 41.1 Å². The third-order valence-electron chi connectivity index (χ3n) is 4.09. The number of ether oxygens (including phenoxy) is 3. The Bertz CT molecular complexity index is 1150. The van der Waals surface area contributed by atoms with Crippen molar-refractivity contribution in [2.75, 3.05) is 19.5 Å². The fraction of sp³-hybridized carbons (Fsp3) is 0.150. The number of aromatic nitrogens is 4. The Morgan fingerprint density at radius 2 is 1.86 bits per heavy atom. The van der Waals surface area contributed by atoms with E-state index in [0.717, 1.165) is 0 Å². The van der Waals surface area contributed by atoms with E-state index < -0.39 is 5.82 Å². The quantitative estimate of drug-likeness (QED) is 0.507. The summed E-state index contributed by atoms with van der Waals surface area (Å²) in [5.74, 6) is 1.50. The summed E-state index contributed by atoms with van der Waals surface area (Å²) in [6.07, 6.45) is 1.40. The van der Waals surface area contributed by atoms with Crippen LogP contribution in [0.5, 0.6) is 17.2 Å². The predicted octanol–water partition coefficient (Wildman–Crippen LogP) is 3.95. The van der Waals surface area contributed by atoms with E-state index >= 15 is 0 Å². The van der Waals surface area contributed by atoms with E-state index in [1.54, 1.807) is 43.5 Å². The number of anilines is 2. The Labute approximate surface area is 165 Å².